The lowest BCUT2D eigenvalue weighted by Gasteiger charge is -2.02. The molecule has 1 rings (SSSR count). The fraction of sp³-hybridized carbons (Fsp3) is 0.615. The molecule has 1 aromatic rings. The van der Waals surface area contributed by atoms with Crippen LogP contribution in [0, 0.1) is 10.1 Å². The maximum absolute atomic E-state index is 11.6. The Balaban J connectivity index is 2.18. The van der Waals surface area contributed by atoms with E-state index < -0.39 is 16.7 Å². The summed E-state index contributed by atoms with van der Waals surface area (Å²) in [4.78, 5) is 21.3. The van der Waals surface area contributed by atoms with Gasteiger partial charge in [-0.15, -0.1) is 0 Å². The predicted octanol–water partition coefficient (Wildman–Crippen LogP) is 3.28. The quantitative estimate of drug-likeness (QED) is 0.423. The highest BCUT2D eigenvalue weighted by molar-refractivity contribution is 5.91. The van der Waals surface area contributed by atoms with Gasteiger partial charge in [0, 0.05) is 6.54 Å². The van der Waals surface area contributed by atoms with E-state index >= 15 is 0 Å². The molecule has 106 valence electrons. The lowest BCUT2D eigenvalue weighted by Crippen LogP contribution is -2.23. The molecule has 0 atom stereocenters. The van der Waals surface area contributed by atoms with Crippen molar-refractivity contribution >= 4 is 11.8 Å². The van der Waals surface area contributed by atoms with Gasteiger partial charge in [-0.05, 0) is 12.5 Å². The number of unbranched alkanes of at least 4 members (excludes halogenated alkanes) is 5. The fourth-order valence-corrected chi connectivity index (χ4v) is 1.74. The van der Waals surface area contributed by atoms with E-state index in [4.69, 9.17) is 4.42 Å². The molecule has 0 spiro atoms. The average Bonchev–Trinajstić information content (AvgIpc) is 2.87. The van der Waals surface area contributed by atoms with Gasteiger partial charge in [-0.2, -0.15) is 0 Å². The van der Waals surface area contributed by atoms with Gasteiger partial charge in [0.05, 0.1) is 6.07 Å². The van der Waals surface area contributed by atoms with Crippen molar-refractivity contribution in [3.63, 3.8) is 0 Å². The first-order valence-electron chi connectivity index (χ1n) is 6.67. The minimum absolute atomic E-state index is 0.0160. The van der Waals surface area contributed by atoms with Crippen LogP contribution in [0.5, 0.6) is 0 Å². The molecule has 1 aromatic heterocycles. The Bertz CT molecular complexity index is 415. The molecule has 0 fully saturated rings. The highest BCUT2D eigenvalue weighted by Crippen LogP contribution is 2.15. The summed E-state index contributed by atoms with van der Waals surface area (Å²) in [7, 11) is 0. The number of amides is 1. The molecular formula is C13H20N2O4. The molecule has 0 aliphatic heterocycles. The average molecular weight is 268 g/mol. The van der Waals surface area contributed by atoms with Crippen molar-refractivity contribution in [3.8, 4) is 0 Å². The summed E-state index contributed by atoms with van der Waals surface area (Å²) in [6.45, 7) is 2.74. The van der Waals surface area contributed by atoms with Crippen LogP contribution in [0.25, 0.3) is 0 Å². The summed E-state index contributed by atoms with van der Waals surface area (Å²) in [5, 5.41) is 13.1. The molecule has 0 aromatic carbocycles. The lowest BCUT2D eigenvalue weighted by molar-refractivity contribution is -0.402. The largest absolute Gasteiger partial charge is 0.433 e. The summed E-state index contributed by atoms with van der Waals surface area (Å²) >= 11 is 0. The van der Waals surface area contributed by atoms with Crippen LogP contribution in [0.3, 0.4) is 0 Å². The van der Waals surface area contributed by atoms with Crippen molar-refractivity contribution in [1.82, 2.24) is 5.32 Å². The smallest absolute Gasteiger partial charge is 0.395 e. The Morgan fingerprint density at radius 1 is 1.26 bits per heavy atom. The summed E-state index contributed by atoms with van der Waals surface area (Å²) < 4.78 is 4.81. The Kier molecular flexibility index (Phi) is 6.63. The maximum atomic E-state index is 11.6. The van der Waals surface area contributed by atoms with Gasteiger partial charge in [0.25, 0.3) is 5.91 Å². The SMILES string of the molecule is CCCCCCCCNC(=O)c1ccc([N+](=O)[O-])o1. The van der Waals surface area contributed by atoms with Crippen molar-refractivity contribution in [1.29, 1.82) is 0 Å². The second kappa shape index (κ2) is 8.29. The first-order valence-corrected chi connectivity index (χ1v) is 6.67. The van der Waals surface area contributed by atoms with Crippen LogP contribution in [0.2, 0.25) is 0 Å². The van der Waals surface area contributed by atoms with Crippen molar-refractivity contribution in [3.05, 3.63) is 28.0 Å². The molecule has 19 heavy (non-hydrogen) atoms. The molecule has 0 radical (unpaired) electrons. The van der Waals surface area contributed by atoms with E-state index in [0.29, 0.717) is 6.54 Å². The van der Waals surface area contributed by atoms with E-state index in [1.807, 2.05) is 0 Å². The number of nitrogens with one attached hydrogen (secondary N) is 1. The van der Waals surface area contributed by atoms with Crippen LogP contribution in [0.4, 0.5) is 5.88 Å². The molecular weight excluding hydrogens is 248 g/mol. The van der Waals surface area contributed by atoms with E-state index in [0.717, 1.165) is 12.8 Å². The zero-order valence-corrected chi connectivity index (χ0v) is 11.2. The van der Waals surface area contributed by atoms with Gasteiger partial charge < -0.3 is 9.73 Å². The molecule has 0 aliphatic carbocycles. The van der Waals surface area contributed by atoms with E-state index in [9.17, 15) is 14.9 Å². The number of carbonyl (C=O) groups excluding carboxylic acids is 1. The van der Waals surface area contributed by atoms with E-state index in [1.165, 1.54) is 37.8 Å². The van der Waals surface area contributed by atoms with Gasteiger partial charge in [0.2, 0.25) is 0 Å². The standard InChI is InChI=1S/C13H20N2O4/c1-2-3-4-5-6-7-10-14-13(16)11-8-9-12(19-11)15(17)18/h8-9H,2-7,10H2,1H3,(H,14,16). The minimum atomic E-state index is -0.662. The molecule has 0 bridgehead atoms. The normalized spacial score (nSPS) is 10.4. The summed E-state index contributed by atoms with van der Waals surface area (Å²) in [5.74, 6) is -0.830. The summed E-state index contributed by atoms with van der Waals surface area (Å²) in [6.07, 6.45) is 6.87. The van der Waals surface area contributed by atoms with Crippen LogP contribution in [-0.2, 0) is 0 Å². The van der Waals surface area contributed by atoms with Gasteiger partial charge in [-0.3, -0.25) is 14.9 Å². The van der Waals surface area contributed by atoms with Crippen LogP contribution >= 0.6 is 0 Å². The van der Waals surface area contributed by atoms with Crippen LogP contribution in [0.1, 0.15) is 56.0 Å². The van der Waals surface area contributed by atoms with Crippen LogP contribution < -0.4 is 5.32 Å². The Labute approximate surface area is 112 Å². The van der Waals surface area contributed by atoms with Gasteiger partial charge in [-0.1, -0.05) is 39.0 Å². The van der Waals surface area contributed by atoms with Crippen molar-refractivity contribution in [2.75, 3.05) is 6.54 Å². The molecule has 0 saturated heterocycles. The van der Waals surface area contributed by atoms with E-state index in [1.54, 1.807) is 0 Å². The number of carbonyl (C=O) groups is 1. The number of rotatable bonds is 9. The van der Waals surface area contributed by atoms with Crippen molar-refractivity contribution in [2.24, 2.45) is 0 Å². The van der Waals surface area contributed by atoms with Gasteiger partial charge in [0.15, 0.2) is 5.76 Å². The Morgan fingerprint density at radius 2 is 1.95 bits per heavy atom. The number of nitrogens with zero attached hydrogens (tertiary/aromatic N) is 1. The second-order valence-corrected chi connectivity index (χ2v) is 4.42. The van der Waals surface area contributed by atoms with Gasteiger partial charge >= 0.3 is 5.88 Å². The third-order valence-corrected chi connectivity index (χ3v) is 2.81. The fourth-order valence-electron chi connectivity index (χ4n) is 1.74. The third kappa shape index (κ3) is 5.54. The first-order chi connectivity index (χ1) is 9.15. The third-order valence-electron chi connectivity index (χ3n) is 2.81. The second-order valence-electron chi connectivity index (χ2n) is 4.42. The molecule has 0 aliphatic rings. The van der Waals surface area contributed by atoms with Crippen LogP contribution in [-0.4, -0.2) is 17.4 Å². The highest BCUT2D eigenvalue weighted by atomic mass is 16.6. The van der Waals surface area contributed by atoms with Crippen molar-refractivity contribution in [2.45, 2.75) is 45.4 Å². The minimum Gasteiger partial charge on any atom is -0.395 e. The number of hydrogen-bond donors (Lipinski definition) is 1. The number of furan rings is 1. The first kappa shape index (κ1) is 15.2. The molecule has 0 saturated carbocycles. The molecule has 6 nitrogen and oxygen atoms in total. The van der Waals surface area contributed by atoms with Gasteiger partial charge in [-0.25, -0.2) is 0 Å². The Hall–Kier alpha value is -1.85. The summed E-state index contributed by atoms with van der Waals surface area (Å²) in [6, 6.07) is 2.49. The number of nitro groups is 1. The molecule has 1 N–H and O–H groups in total. The lowest BCUT2D eigenvalue weighted by atomic mass is 10.1. The zero-order valence-electron chi connectivity index (χ0n) is 11.2. The topological polar surface area (TPSA) is 85.4 Å². The molecule has 1 amide bonds. The van der Waals surface area contributed by atoms with Gasteiger partial charge in [0.1, 0.15) is 4.92 Å². The monoisotopic (exact) mass is 268 g/mol. The predicted molar refractivity (Wildman–Crippen MR) is 71.1 cm³/mol. The van der Waals surface area contributed by atoms with Crippen molar-refractivity contribution < 1.29 is 14.1 Å². The van der Waals surface area contributed by atoms with E-state index in [2.05, 4.69) is 12.2 Å². The van der Waals surface area contributed by atoms with Crippen LogP contribution in [0.15, 0.2) is 16.5 Å². The summed E-state index contributed by atoms with van der Waals surface area (Å²) in [5.41, 5.74) is 0. The zero-order chi connectivity index (χ0) is 14.1. The maximum Gasteiger partial charge on any atom is 0.433 e. The Morgan fingerprint density at radius 3 is 2.58 bits per heavy atom. The highest BCUT2D eigenvalue weighted by Gasteiger charge is 2.16. The molecule has 6 heteroatoms. The number of hydrogen-bond acceptors (Lipinski definition) is 4. The molecule has 0 unspecified atom stereocenters. The van der Waals surface area contributed by atoms with E-state index in [-0.39, 0.29) is 5.76 Å². The molecule has 1 heterocycles.